The van der Waals surface area contributed by atoms with E-state index in [1.807, 2.05) is 30.3 Å². The van der Waals surface area contributed by atoms with E-state index in [9.17, 15) is 0 Å². The van der Waals surface area contributed by atoms with Gasteiger partial charge in [0.1, 0.15) is 5.75 Å². The van der Waals surface area contributed by atoms with E-state index < -0.39 is 0 Å². The molecule has 0 spiro atoms. The Bertz CT molecular complexity index is 283. The van der Waals surface area contributed by atoms with E-state index in [-0.39, 0.29) is 0 Å². The standard InChI is InChI=1S/C14H20O/c1-4-12(5-2)11-15-14-9-7-13(6-3)8-10-14/h6-10,12H,3-5,11H2,1-2H3. The van der Waals surface area contributed by atoms with Crippen LogP contribution >= 0.6 is 0 Å². The molecular formula is C14H20O. The van der Waals surface area contributed by atoms with Crippen LogP contribution in [-0.2, 0) is 0 Å². The van der Waals surface area contributed by atoms with Crippen LogP contribution in [0.2, 0.25) is 0 Å². The first-order chi connectivity index (χ1) is 7.30. The highest BCUT2D eigenvalue weighted by Gasteiger charge is 2.03. The van der Waals surface area contributed by atoms with Crippen molar-refractivity contribution in [2.24, 2.45) is 5.92 Å². The summed E-state index contributed by atoms with van der Waals surface area (Å²) in [5.74, 6) is 1.62. The molecule has 0 unspecified atom stereocenters. The number of ether oxygens (including phenoxy) is 1. The second-order valence-corrected chi connectivity index (χ2v) is 3.77. The predicted molar refractivity (Wildman–Crippen MR) is 66.1 cm³/mol. The van der Waals surface area contributed by atoms with Crippen LogP contribution in [0.15, 0.2) is 30.8 Å². The van der Waals surface area contributed by atoms with Crippen LogP contribution in [0.25, 0.3) is 6.08 Å². The number of hydrogen-bond acceptors (Lipinski definition) is 1. The Labute approximate surface area is 92.8 Å². The smallest absolute Gasteiger partial charge is 0.119 e. The molecule has 1 nitrogen and oxygen atoms in total. The summed E-state index contributed by atoms with van der Waals surface area (Å²) in [7, 11) is 0. The molecule has 0 heterocycles. The quantitative estimate of drug-likeness (QED) is 0.676. The molecule has 1 rings (SSSR count). The molecule has 15 heavy (non-hydrogen) atoms. The maximum atomic E-state index is 5.72. The van der Waals surface area contributed by atoms with Crippen molar-refractivity contribution in [1.29, 1.82) is 0 Å². The third-order valence-corrected chi connectivity index (χ3v) is 2.76. The first-order valence-electron chi connectivity index (χ1n) is 5.65. The van der Waals surface area contributed by atoms with Crippen LogP contribution in [0.3, 0.4) is 0 Å². The van der Waals surface area contributed by atoms with Gasteiger partial charge in [-0.3, -0.25) is 0 Å². The zero-order valence-electron chi connectivity index (χ0n) is 9.70. The molecule has 0 aliphatic heterocycles. The molecule has 0 radical (unpaired) electrons. The van der Waals surface area contributed by atoms with Crippen LogP contribution in [0.4, 0.5) is 0 Å². The number of rotatable bonds is 6. The topological polar surface area (TPSA) is 9.23 Å². The van der Waals surface area contributed by atoms with Gasteiger partial charge in [-0.15, -0.1) is 0 Å². The molecule has 0 atom stereocenters. The molecule has 0 aliphatic carbocycles. The van der Waals surface area contributed by atoms with E-state index >= 15 is 0 Å². The third kappa shape index (κ3) is 3.78. The Balaban J connectivity index is 2.46. The Kier molecular flexibility index (Phi) is 4.96. The van der Waals surface area contributed by atoms with Gasteiger partial charge in [0.25, 0.3) is 0 Å². The van der Waals surface area contributed by atoms with Gasteiger partial charge in [0.2, 0.25) is 0 Å². The normalized spacial score (nSPS) is 10.3. The fourth-order valence-corrected chi connectivity index (χ4v) is 1.44. The largest absolute Gasteiger partial charge is 0.493 e. The molecular weight excluding hydrogens is 184 g/mol. The van der Waals surface area contributed by atoms with Gasteiger partial charge in [-0.2, -0.15) is 0 Å². The van der Waals surface area contributed by atoms with Crippen molar-refractivity contribution >= 4 is 6.08 Å². The number of hydrogen-bond donors (Lipinski definition) is 0. The van der Waals surface area contributed by atoms with Crippen molar-refractivity contribution in [3.8, 4) is 5.75 Å². The minimum absolute atomic E-state index is 0.670. The first kappa shape index (κ1) is 11.8. The van der Waals surface area contributed by atoms with E-state index in [1.165, 1.54) is 12.8 Å². The van der Waals surface area contributed by atoms with Gasteiger partial charge >= 0.3 is 0 Å². The predicted octanol–water partition coefficient (Wildman–Crippen LogP) is 4.14. The number of benzene rings is 1. The van der Waals surface area contributed by atoms with Crippen molar-refractivity contribution in [3.05, 3.63) is 36.4 Å². The van der Waals surface area contributed by atoms with Crippen LogP contribution in [0, 0.1) is 5.92 Å². The minimum atomic E-state index is 0.670. The van der Waals surface area contributed by atoms with E-state index in [1.54, 1.807) is 0 Å². The minimum Gasteiger partial charge on any atom is -0.493 e. The highest BCUT2D eigenvalue weighted by Crippen LogP contribution is 2.15. The van der Waals surface area contributed by atoms with Gasteiger partial charge in [-0.05, 0) is 23.6 Å². The SMILES string of the molecule is C=Cc1ccc(OCC(CC)CC)cc1. The van der Waals surface area contributed by atoms with Crippen LogP contribution in [-0.4, -0.2) is 6.61 Å². The monoisotopic (exact) mass is 204 g/mol. The highest BCUT2D eigenvalue weighted by atomic mass is 16.5. The molecule has 1 heteroatoms. The van der Waals surface area contributed by atoms with Gasteiger partial charge in [0.15, 0.2) is 0 Å². The lowest BCUT2D eigenvalue weighted by molar-refractivity contribution is 0.240. The lowest BCUT2D eigenvalue weighted by atomic mass is 10.1. The summed E-state index contributed by atoms with van der Waals surface area (Å²) in [6.45, 7) is 8.95. The molecule has 82 valence electrons. The molecule has 0 aliphatic rings. The van der Waals surface area contributed by atoms with Gasteiger partial charge in [-0.25, -0.2) is 0 Å². The summed E-state index contributed by atoms with van der Waals surface area (Å²) < 4.78 is 5.72. The van der Waals surface area contributed by atoms with Crippen LogP contribution in [0.5, 0.6) is 5.75 Å². The summed E-state index contributed by atoms with van der Waals surface area (Å²) >= 11 is 0. The summed E-state index contributed by atoms with van der Waals surface area (Å²) in [6.07, 6.45) is 4.20. The molecule has 1 aromatic carbocycles. The molecule has 0 fully saturated rings. The molecule has 0 bridgehead atoms. The molecule has 0 aromatic heterocycles. The molecule has 0 amide bonds. The van der Waals surface area contributed by atoms with Gasteiger partial charge in [-0.1, -0.05) is 51.5 Å². The Morgan fingerprint density at radius 2 is 1.80 bits per heavy atom. The van der Waals surface area contributed by atoms with Crippen molar-refractivity contribution in [3.63, 3.8) is 0 Å². The van der Waals surface area contributed by atoms with Crippen molar-refractivity contribution < 1.29 is 4.74 Å². The second kappa shape index (κ2) is 6.28. The second-order valence-electron chi connectivity index (χ2n) is 3.77. The molecule has 1 aromatic rings. The molecule has 0 N–H and O–H groups in total. The summed E-state index contributed by atoms with van der Waals surface area (Å²) in [5.41, 5.74) is 1.13. The van der Waals surface area contributed by atoms with Gasteiger partial charge in [0.05, 0.1) is 6.61 Å². The fraction of sp³-hybridized carbons (Fsp3) is 0.429. The van der Waals surface area contributed by atoms with Gasteiger partial charge in [0, 0.05) is 0 Å². The Morgan fingerprint density at radius 3 is 2.27 bits per heavy atom. The molecule has 0 saturated heterocycles. The highest BCUT2D eigenvalue weighted by molar-refractivity contribution is 5.48. The summed E-state index contributed by atoms with van der Waals surface area (Å²) in [4.78, 5) is 0. The van der Waals surface area contributed by atoms with Crippen LogP contribution in [0.1, 0.15) is 32.3 Å². The third-order valence-electron chi connectivity index (χ3n) is 2.76. The van der Waals surface area contributed by atoms with E-state index in [0.717, 1.165) is 17.9 Å². The Morgan fingerprint density at radius 1 is 1.20 bits per heavy atom. The lowest BCUT2D eigenvalue weighted by Gasteiger charge is -2.13. The van der Waals surface area contributed by atoms with Crippen molar-refractivity contribution in [2.75, 3.05) is 6.61 Å². The van der Waals surface area contributed by atoms with E-state index in [0.29, 0.717) is 5.92 Å². The maximum Gasteiger partial charge on any atom is 0.119 e. The van der Waals surface area contributed by atoms with E-state index in [4.69, 9.17) is 4.74 Å². The van der Waals surface area contributed by atoms with Gasteiger partial charge < -0.3 is 4.74 Å². The van der Waals surface area contributed by atoms with Crippen molar-refractivity contribution in [1.82, 2.24) is 0 Å². The summed E-state index contributed by atoms with van der Waals surface area (Å²) in [6, 6.07) is 8.04. The lowest BCUT2D eigenvalue weighted by Crippen LogP contribution is -2.09. The van der Waals surface area contributed by atoms with Crippen molar-refractivity contribution in [2.45, 2.75) is 26.7 Å². The fourth-order valence-electron chi connectivity index (χ4n) is 1.44. The molecule has 0 saturated carbocycles. The zero-order chi connectivity index (χ0) is 11.1. The van der Waals surface area contributed by atoms with E-state index in [2.05, 4.69) is 20.4 Å². The summed E-state index contributed by atoms with van der Waals surface area (Å²) in [5, 5.41) is 0. The Hall–Kier alpha value is -1.24. The average molecular weight is 204 g/mol. The van der Waals surface area contributed by atoms with Crippen LogP contribution < -0.4 is 4.74 Å². The zero-order valence-corrected chi connectivity index (χ0v) is 9.70. The maximum absolute atomic E-state index is 5.72. The first-order valence-corrected chi connectivity index (χ1v) is 5.65. The average Bonchev–Trinajstić information content (AvgIpc) is 2.31.